The molecule has 0 radical (unpaired) electrons. The third-order valence-corrected chi connectivity index (χ3v) is 4.04. The predicted octanol–water partition coefficient (Wildman–Crippen LogP) is 2.06. The summed E-state index contributed by atoms with van der Waals surface area (Å²) in [5.41, 5.74) is 3.79. The van der Waals surface area contributed by atoms with Gasteiger partial charge in [0.15, 0.2) is 0 Å². The lowest BCUT2D eigenvalue weighted by atomic mass is 10.1. The quantitative estimate of drug-likeness (QED) is 0.509. The van der Waals surface area contributed by atoms with E-state index in [9.17, 15) is 14.4 Å². The number of aryl methyl sites for hydroxylation is 1. The molecule has 0 saturated carbocycles. The number of para-hydroxylation sites is 1. The molecule has 2 heterocycles. The maximum absolute atomic E-state index is 12.0. The molecule has 2 aromatic rings. The highest BCUT2D eigenvalue weighted by atomic mass is 16.5. The molecule has 0 unspecified atom stereocenters. The van der Waals surface area contributed by atoms with Crippen LogP contribution < -0.4 is 10.6 Å². The van der Waals surface area contributed by atoms with Gasteiger partial charge in [-0.05, 0) is 43.7 Å². The van der Waals surface area contributed by atoms with Gasteiger partial charge in [-0.3, -0.25) is 10.1 Å². The summed E-state index contributed by atoms with van der Waals surface area (Å²) in [4.78, 5) is 35.0. The number of hydrogen-bond acceptors (Lipinski definition) is 4. The van der Waals surface area contributed by atoms with Gasteiger partial charge in [-0.25, -0.2) is 9.59 Å². The molecule has 1 fully saturated rings. The van der Waals surface area contributed by atoms with Gasteiger partial charge in [-0.2, -0.15) is 0 Å². The molecule has 1 aliphatic heterocycles. The Morgan fingerprint density at radius 3 is 2.52 bits per heavy atom. The molecule has 3 rings (SSSR count). The molecular formula is C18H17N3O4. The van der Waals surface area contributed by atoms with Gasteiger partial charge in [-0.15, -0.1) is 0 Å². The molecule has 0 atom stereocenters. The number of hydrogen-bond donors (Lipinski definition) is 2. The number of benzene rings is 1. The molecule has 1 aromatic heterocycles. The van der Waals surface area contributed by atoms with Crippen molar-refractivity contribution < 1.29 is 19.1 Å². The van der Waals surface area contributed by atoms with Crippen molar-refractivity contribution in [3.63, 3.8) is 0 Å². The SMILES string of the molecule is COC(=O)c1ccccc1-n1c(C)cc(C=C2NC(=O)NC2=O)c1C. The number of carbonyl (C=O) groups is 3. The lowest BCUT2D eigenvalue weighted by Crippen LogP contribution is -2.22. The highest BCUT2D eigenvalue weighted by Crippen LogP contribution is 2.25. The highest BCUT2D eigenvalue weighted by molar-refractivity contribution is 6.14. The minimum absolute atomic E-state index is 0.187. The van der Waals surface area contributed by atoms with Gasteiger partial charge in [0, 0.05) is 11.4 Å². The Hall–Kier alpha value is -3.35. The molecule has 25 heavy (non-hydrogen) atoms. The molecule has 128 valence electrons. The van der Waals surface area contributed by atoms with Crippen LogP contribution in [0.1, 0.15) is 27.3 Å². The molecule has 1 aromatic carbocycles. The van der Waals surface area contributed by atoms with Crippen LogP contribution >= 0.6 is 0 Å². The number of nitrogens with one attached hydrogen (secondary N) is 2. The van der Waals surface area contributed by atoms with Crippen LogP contribution in [0.5, 0.6) is 0 Å². The van der Waals surface area contributed by atoms with Gasteiger partial charge in [0.1, 0.15) is 5.70 Å². The maximum atomic E-state index is 12.0. The molecule has 3 amide bonds. The summed E-state index contributed by atoms with van der Waals surface area (Å²) in [7, 11) is 1.34. The van der Waals surface area contributed by atoms with Gasteiger partial charge in [0.05, 0.1) is 18.4 Å². The summed E-state index contributed by atoms with van der Waals surface area (Å²) in [6, 6.07) is 8.47. The topological polar surface area (TPSA) is 89.4 Å². The molecule has 0 bridgehead atoms. The van der Waals surface area contributed by atoms with Crippen LogP contribution in [0.15, 0.2) is 36.0 Å². The fourth-order valence-electron chi connectivity index (χ4n) is 2.89. The number of carbonyl (C=O) groups excluding carboxylic acids is 3. The molecule has 7 nitrogen and oxygen atoms in total. The molecule has 0 spiro atoms. The lowest BCUT2D eigenvalue weighted by molar-refractivity contribution is -0.115. The van der Waals surface area contributed by atoms with Gasteiger partial charge in [-0.1, -0.05) is 12.1 Å². The zero-order chi connectivity index (χ0) is 18.1. The van der Waals surface area contributed by atoms with Crippen molar-refractivity contribution in [3.05, 3.63) is 58.5 Å². The Balaban J connectivity index is 2.11. The fourth-order valence-corrected chi connectivity index (χ4v) is 2.89. The first-order chi connectivity index (χ1) is 11.9. The number of esters is 1. The van der Waals surface area contributed by atoms with E-state index in [-0.39, 0.29) is 5.70 Å². The van der Waals surface area contributed by atoms with Crippen LogP contribution in [0, 0.1) is 13.8 Å². The van der Waals surface area contributed by atoms with Gasteiger partial charge >= 0.3 is 12.0 Å². The standard InChI is InChI=1S/C18H17N3O4/c1-10-8-12(9-14-16(22)20-18(24)19-14)11(2)21(10)15-7-5-4-6-13(15)17(23)25-3/h4-9H,1-3H3,(H2,19,20,22,24). The van der Waals surface area contributed by atoms with E-state index in [0.29, 0.717) is 11.3 Å². The summed E-state index contributed by atoms with van der Waals surface area (Å²) in [6.45, 7) is 3.78. The summed E-state index contributed by atoms with van der Waals surface area (Å²) in [5.74, 6) is -0.893. The Morgan fingerprint density at radius 2 is 1.88 bits per heavy atom. The molecular weight excluding hydrogens is 322 g/mol. The summed E-state index contributed by atoms with van der Waals surface area (Å²) in [6.07, 6.45) is 1.61. The lowest BCUT2D eigenvalue weighted by Gasteiger charge is -2.13. The van der Waals surface area contributed by atoms with Crippen molar-refractivity contribution in [3.8, 4) is 5.69 Å². The molecule has 1 aliphatic rings. The molecule has 0 aliphatic carbocycles. The number of imide groups is 1. The van der Waals surface area contributed by atoms with E-state index in [2.05, 4.69) is 10.6 Å². The second-order valence-corrected chi connectivity index (χ2v) is 5.64. The van der Waals surface area contributed by atoms with Gasteiger partial charge < -0.3 is 14.6 Å². The van der Waals surface area contributed by atoms with Crippen LogP contribution in [0.2, 0.25) is 0 Å². The predicted molar refractivity (Wildman–Crippen MR) is 91.2 cm³/mol. The van der Waals surface area contributed by atoms with E-state index in [1.807, 2.05) is 36.6 Å². The van der Waals surface area contributed by atoms with E-state index < -0.39 is 17.9 Å². The Labute approximate surface area is 144 Å². The van der Waals surface area contributed by atoms with Gasteiger partial charge in [0.25, 0.3) is 5.91 Å². The number of ether oxygens (including phenoxy) is 1. The number of urea groups is 1. The average molecular weight is 339 g/mol. The van der Waals surface area contributed by atoms with Crippen molar-refractivity contribution in [1.82, 2.24) is 15.2 Å². The summed E-state index contributed by atoms with van der Waals surface area (Å²) >= 11 is 0. The van der Waals surface area contributed by atoms with Crippen LogP contribution in [0.3, 0.4) is 0 Å². The number of methoxy groups -OCH3 is 1. The zero-order valence-corrected chi connectivity index (χ0v) is 14.0. The van der Waals surface area contributed by atoms with E-state index in [1.165, 1.54) is 7.11 Å². The van der Waals surface area contributed by atoms with E-state index >= 15 is 0 Å². The Morgan fingerprint density at radius 1 is 1.16 bits per heavy atom. The number of rotatable bonds is 3. The monoisotopic (exact) mass is 339 g/mol. The maximum Gasteiger partial charge on any atom is 0.339 e. The Bertz CT molecular complexity index is 924. The van der Waals surface area contributed by atoms with Crippen molar-refractivity contribution in [2.24, 2.45) is 0 Å². The van der Waals surface area contributed by atoms with Crippen LogP contribution in [0.25, 0.3) is 11.8 Å². The van der Waals surface area contributed by atoms with Crippen LogP contribution in [-0.4, -0.2) is 29.6 Å². The second kappa shape index (κ2) is 6.27. The second-order valence-electron chi connectivity index (χ2n) is 5.64. The van der Waals surface area contributed by atoms with E-state index in [1.54, 1.807) is 18.2 Å². The summed E-state index contributed by atoms with van der Waals surface area (Å²) < 4.78 is 6.76. The Kier molecular flexibility index (Phi) is 4.14. The summed E-state index contributed by atoms with van der Waals surface area (Å²) in [5, 5.41) is 4.63. The number of nitrogens with zero attached hydrogens (tertiary/aromatic N) is 1. The average Bonchev–Trinajstić information content (AvgIpc) is 3.05. The van der Waals surface area contributed by atoms with Crippen molar-refractivity contribution in [1.29, 1.82) is 0 Å². The van der Waals surface area contributed by atoms with Crippen LogP contribution in [-0.2, 0) is 9.53 Å². The largest absolute Gasteiger partial charge is 0.465 e. The first-order valence-electron chi connectivity index (χ1n) is 7.63. The highest BCUT2D eigenvalue weighted by Gasteiger charge is 2.24. The number of aromatic nitrogens is 1. The van der Waals surface area contributed by atoms with Crippen LogP contribution in [0.4, 0.5) is 4.79 Å². The number of amides is 3. The van der Waals surface area contributed by atoms with Crippen molar-refractivity contribution in [2.45, 2.75) is 13.8 Å². The normalized spacial score (nSPS) is 15.2. The third-order valence-electron chi connectivity index (χ3n) is 4.04. The minimum atomic E-state index is -0.541. The van der Waals surface area contributed by atoms with Crippen molar-refractivity contribution >= 4 is 24.0 Å². The fraction of sp³-hybridized carbons (Fsp3) is 0.167. The van der Waals surface area contributed by atoms with Crippen molar-refractivity contribution in [2.75, 3.05) is 7.11 Å². The third kappa shape index (κ3) is 2.91. The molecule has 2 N–H and O–H groups in total. The van der Waals surface area contributed by atoms with E-state index in [4.69, 9.17) is 4.74 Å². The van der Waals surface area contributed by atoms with Gasteiger partial charge in [0.2, 0.25) is 0 Å². The molecule has 1 saturated heterocycles. The first-order valence-corrected chi connectivity index (χ1v) is 7.63. The zero-order valence-electron chi connectivity index (χ0n) is 14.0. The smallest absolute Gasteiger partial charge is 0.339 e. The first kappa shape index (κ1) is 16.5. The molecule has 7 heteroatoms. The van der Waals surface area contributed by atoms with E-state index in [0.717, 1.165) is 17.0 Å². The minimum Gasteiger partial charge on any atom is -0.465 e.